The summed E-state index contributed by atoms with van der Waals surface area (Å²) < 4.78 is 25.6. The number of nitrogens with zero attached hydrogens (tertiary/aromatic N) is 3. The monoisotopic (exact) mass is 489 g/mol. The van der Waals surface area contributed by atoms with Crippen molar-refractivity contribution in [2.45, 2.75) is 11.8 Å². The minimum Gasteiger partial charge on any atom is -0.283 e. The first-order chi connectivity index (χ1) is 15.1. The number of nitrogens with one attached hydrogen (secondary N) is 2. The first kappa shape index (κ1) is 21.9. The predicted octanol–water partition coefficient (Wildman–Crippen LogP) is 3.81. The molecule has 0 spiro atoms. The number of carbonyl (C=O) groups is 2. The van der Waals surface area contributed by atoms with Gasteiger partial charge in [-0.3, -0.25) is 15.4 Å². The molecule has 0 aliphatic rings. The fourth-order valence-electron chi connectivity index (χ4n) is 2.95. The molecule has 3 amide bonds. The quantitative estimate of drug-likeness (QED) is 0.449. The van der Waals surface area contributed by atoms with Crippen LogP contribution in [0.4, 0.5) is 9.93 Å². The normalized spacial score (nSPS) is 11.5. The Hall–Kier alpha value is -3.28. The first-order valence-electron chi connectivity index (χ1n) is 9.15. The molecular weight excluding hydrogens is 474 g/mol. The summed E-state index contributed by atoms with van der Waals surface area (Å²) in [5, 5.41) is 9.29. The summed E-state index contributed by atoms with van der Waals surface area (Å²) in [4.78, 5) is 29.4. The molecule has 4 aromatic rings. The van der Waals surface area contributed by atoms with Gasteiger partial charge in [0.25, 0.3) is 5.91 Å². The second-order valence-electron chi connectivity index (χ2n) is 6.88. The minimum atomic E-state index is -3.37. The Labute approximate surface area is 192 Å². The zero-order valence-electron chi connectivity index (χ0n) is 16.8. The van der Waals surface area contributed by atoms with Crippen molar-refractivity contribution in [3.05, 3.63) is 64.9 Å². The summed E-state index contributed by atoms with van der Waals surface area (Å²) in [5.41, 5.74) is 2.12. The van der Waals surface area contributed by atoms with Gasteiger partial charge < -0.3 is 0 Å². The highest BCUT2D eigenvalue weighted by molar-refractivity contribution is 7.90. The number of sulfone groups is 1. The highest BCUT2D eigenvalue weighted by Gasteiger charge is 2.17. The Morgan fingerprint density at radius 3 is 2.59 bits per heavy atom. The van der Waals surface area contributed by atoms with E-state index in [2.05, 4.69) is 20.7 Å². The number of hydrogen-bond acceptors (Lipinski definition) is 7. The third-order valence-corrected chi connectivity index (χ3v) is 6.88. The maximum atomic E-state index is 12.6. The molecule has 2 aromatic carbocycles. The van der Waals surface area contributed by atoms with E-state index in [-0.39, 0.29) is 20.6 Å². The van der Waals surface area contributed by atoms with E-state index in [9.17, 15) is 18.0 Å². The Morgan fingerprint density at radius 1 is 1.12 bits per heavy atom. The topological polar surface area (TPSA) is 123 Å². The molecule has 0 saturated heterocycles. The fraction of sp³-hybridized carbons (Fsp3) is 0.100. The number of halogens is 1. The average molecular weight is 490 g/mol. The molecule has 0 aliphatic carbocycles. The SMILES string of the molecule is Cc1ccnn1-c1ccc(Cl)c(C(=O)NC(=O)Nc2nc3ccc(S(C)(=O)=O)cc3s2)c1. The van der Waals surface area contributed by atoms with Gasteiger partial charge in [0, 0.05) is 18.1 Å². The lowest BCUT2D eigenvalue weighted by Gasteiger charge is -2.09. The number of rotatable bonds is 4. The van der Waals surface area contributed by atoms with Gasteiger partial charge in [-0.25, -0.2) is 22.9 Å². The van der Waals surface area contributed by atoms with E-state index in [1.54, 1.807) is 29.1 Å². The van der Waals surface area contributed by atoms with Crippen LogP contribution in [-0.4, -0.2) is 41.4 Å². The zero-order valence-corrected chi connectivity index (χ0v) is 19.2. The van der Waals surface area contributed by atoms with Crippen molar-refractivity contribution in [1.29, 1.82) is 0 Å². The minimum absolute atomic E-state index is 0.108. The van der Waals surface area contributed by atoms with E-state index >= 15 is 0 Å². The number of amides is 3. The van der Waals surface area contributed by atoms with Crippen molar-refractivity contribution in [2.75, 3.05) is 11.6 Å². The van der Waals surface area contributed by atoms with Crippen molar-refractivity contribution < 1.29 is 18.0 Å². The third-order valence-electron chi connectivity index (χ3n) is 4.51. The maximum Gasteiger partial charge on any atom is 0.327 e. The molecule has 32 heavy (non-hydrogen) atoms. The van der Waals surface area contributed by atoms with Gasteiger partial charge in [0.05, 0.1) is 31.4 Å². The van der Waals surface area contributed by atoms with E-state index in [1.165, 1.54) is 18.2 Å². The lowest BCUT2D eigenvalue weighted by molar-refractivity contribution is 0.0967. The van der Waals surface area contributed by atoms with Gasteiger partial charge in [0.15, 0.2) is 15.0 Å². The summed E-state index contributed by atoms with van der Waals surface area (Å²) >= 11 is 7.25. The number of fused-ring (bicyclic) bond motifs is 1. The van der Waals surface area contributed by atoms with E-state index < -0.39 is 21.8 Å². The van der Waals surface area contributed by atoms with E-state index in [4.69, 9.17) is 11.6 Å². The summed E-state index contributed by atoms with van der Waals surface area (Å²) in [7, 11) is -3.37. The van der Waals surface area contributed by atoms with Crippen LogP contribution in [0.25, 0.3) is 15.9 Å². The van der Waals surface area contributed by atoms with Gasteiger partial charge in [-0.1, -0.05) is 22.9 Å². The molecule has 0 aliphatic heterocycles. The van der Waals surface area contributed by atoms with E-state index in [0.717, 1.165) is 23.3 Å². The van der Waals surface area contributed by atoms with Crippen LogP contribution in [0.5, 0.6) is 0 Å². The number of carbonyl (C=O) groups excluding carboxylic acids is 2. The number of aromatic nitrogens is 3. The van der Waals surface area contributed by atoms with Gasteiger partial charge in [-0.05, 0) is 49.4 Å². The highest BCUT2D eigenvalue weighted by atomic mass is 35.5. The zero-order chi connectivity index (χ0) is 23.0. The molecule has 2 N–H and O–H groups in total. The van der Waals surface area contributed by atoms with Crippen LogP contribution >= 0.6 is 22.9 Å². The Balaban J connectivity index is 1.51. The summed E-state index contributed by atoms with van der Waals surface area (Å²) in [6.07, 6.45) is 2.75. The second-order valence-corrected chi connectivity index (χ2v) is 10.3. The lowest BCUT2D eigenvalue weighted by Crippen LogP contribution is -2.34. The van der Waals surface area contributed by atoms with E-state index in [1.807, 2.05) is 13.0 Å². The van der Waals surface area contributed by atoms with Crippen molar-refractivity contribution in [3.8, 4) is 5.69 Å². The van der Waals surface area contributed by atoms with Gasteiger partial charge in [-0.2, -0.15) is 5.10 Å². The van der Waals surface area contributed by atoms with Crippen LogP contribution in [0, 0.1) is 6.92 Å². The molecule has 0 radical (unpaired) electrons. The Kier molecular flexibility index (Phi) is 5.71. The first-order valence-corrected chi connectivity index (χ1v) is 12.2. The Morgan fingerprint density at radius 2 is 1.91 bits per heavy atom. The summed E-state index contributed by atoms with van der Waals surface area (Å²) in [5.74, 6) is -0.695. The van der Waals surface area contributed by atoms with Gasteiger partial charge in [0.2, 0.25) is 0 Å². The number of hydrogen-bond donors (Lipinski definition) is 2. The molecule has 0 fully saturated rings. The van der Waals surface area contributed by atoms with Crippen molar-refractivity contribution in [2.24, 2.45) is 0 Å². The standard InChI is InChI=1S/C20H16ClN5O4S2/c1-11-7-8-22-26(11)12-3-5-15(21)14(9-12)18(27)24-19(28)25-20-23-16-6-4-13(32(2,29)30)10-17(16)31-20/h3-10H,1-2H3,(H2,23,24,25,27,28). The summed E-state index contributed by atoms with van der Waals surface area (Å²) in [6.45, 7) is 1.87. The summed E-state index contributed by atoms with van der Waals surface area (Å²) in [6, 6.07) is 10.3. The maximum absolute atomic E-state index is 12.6. The average Bonchev–Trinajstić information content (AvgIpc) is 3.32. The predicted molar refractivity (Wildman–Crippen MR) is 123 cm³/mol. The van der Waals surface area contributed by atoms with Gasteiger partial charge in [-0.15, -0.1) is 0 Å². The van der Waals surface area contributed by atoms with Crippen molar-refractivity contribution in [3.63, 3.8) is 0 Å². The van der Waals surface area contributed by atoms with Crippen LogP contribution in [-0.2, 0) is 9.84 Å². The molecule has 0 saturated carbocycles. The highest BCUT2D eigenvalue weighted by Crippen LogP contribution is 2.28. The molecule has 4 rings (SSSR count). The van der Waals surface area contributed by atoms with Crippen LogP contribution < -0.4 is 10.6 Å². The number of anilines is 1. The number of imide groups is 1. The van der Waals surface area contributed by atoms with Crippen molar-refractivity contribution >= 4 is 60.1 Å². The number of aryl methyl sites for hydroxylation is 1. The molecule has 2 heterocycles. The lowest BCUT2D eigenvalue weighted by atomic mass is 10.2. The molecule has 9 nitrogen and oxygen atoms in total. The number of benzene rings is 2. The molecule has 12 heteroatoms. The van der Waals surface area contributed by atoms with Crippen LogP contribution in [0.3, 0.4) is 0 Å². The van der Waals surface area contributed by atoms with Gasteiger partial charge >= 0.3 is 6.03 Å². The smallest absolute Gasteiger partial charge is 0.283 e. The van der Waals surface area contributed by atoms with Gasteiger partial charge in [0.1, 0.15) is 0 Å². The van der Waals surface area contributed by atoms with Crippen LogP contribution in [0.15, 0.2) is 53.6 Å². The molecule has 0 unspecified atom stereocenters. The fourth-order valence-corrected chi connectivity index (χ4v) is 4.77. The molecule has 0 atom stereocenters. The van der Waals surface area contributed by atoms with Crippen molar-refractivity contribution in [1.82, 2.24) is 20.1 Å². The van der Waals surface area contributed by atoms with Crippen LogP contribution in [0.2, 0.25) is 5.02 Å². The second kappa shape index (κ2) is 8.34. The molecule has 2 aromatic heterocycles. The Bertz CT molecular complexity index is 1480. The largest absolute Gasteiger partial charge is 0.327 e. The number of urea groups is 1. The number of thiazole rings is 1. The molecule has 164 valence electrons. The molecule has 0 bridgehead atoms. The molecular formula is C20H16ClN5O4S2. The van der Waals surface area contributed by atoms with Crippen LogP contribution in [0.1, 0.15) is 16.1 Å². The van der Waals surface area contributed by atoms with E-state index in [0.29, 0.717) is 15.9 Å². The third kappa shape index (κ3) is 4.49.